The lowest BCUT2D eigenvalue weighted by Gasteiger charge is -2.04. The van der Waals surface area contributed by atoms with Crippen LogP contribution in [-0.2, 0) is 4.74 Å². The number of ether oxygens (including phenoxy) is 1. The summed E-state index contributed by atoms with van der Waals surface area (Å²) in [5.74, 6) is 0. The van der Waals surface area contributed by atoms with Gasteiger partial charge in [-0.05, 0) is 10.8 Å². The molecule has 0 unspecified atom stereocenters. The van der Waals surface area contributed by atoms with Crippen molar-refractivity contribution in [2.24, 2.45) is 4.99 Å². The standard InChI is InChI=1S/C13H9NO2/c15-13-14-12(8-16-13)11-7-3-5-9-4-1-2-6-10(9)11/h1-7H,8H2. The summed E-state index contributed by atoms with van der Waals surface area (Å²) < 4.78 is 4.83. The fourth-order valence-electron chi connectivity index (χ4n) is 1.92. The second-order valence-corrected chi connectivity index (χ2v) is 3.64. The van der Waals surface area contributed by atoms with Gasteiger partial charge in [0.05, 0.1) is 5.71 Å². The van der Waals surface area contributed by atoms with Gasteiger partial charge >= 0.3 is 6.09 Å². The van der Waals surface area contributed by atoms with Crippen molar-refractivity contribution in [3.05, 3.63) is 48.0 Å². The first-order valence-corrected chi connectivity index (χ1v) is 5.07. The number of fused-ring (bicyclic) bond motifs is 1. The maximum atomic E-state index is 11.0. The summed E-state index contributed by atoms with van der Waals surface area (Å²) >= 11 is 0. The molecule has 1 aliphatic heterocycles. The number of carbonyl (C=O) groups excluding carboxylic acids is 1. The molecule has 0 N–H and O–H groups in total. The number of carbonyl (C=O) groups is 1. The summed E-state index contributed by atoms with van der Waals surface area (Å²) in [7, 11) is 0. The molecule has 0 aromatic heterocycles. The molecule has 3 rings (SSSR count). The Morgan fingerprint density at radius 2 is 1.88 bits per heavy atom. The second kappa shape index (κ2) is 3.45. The van der Waals surface area contributed by atoms with Crippen LogP contribution in [0.1, 0.15) is 5.56 Å². The normalized spacial score (nSPS) is 15.0. The van der Waals surface area contributed by atoms with Crippen molar-refractivity contribution in [3.8, 4) is 0 Å². The number of rotatable bonds is 1. The molecule has 2 aromatic rings. The quantitative estimate of drug-likeness (QED) is 0.727. The van der Waals surface area contributed by atoms with Crippen molar-refractivity contribution in [2.45, 2.75) is 0 Å². The Kier molecular flexibility index (Phi) is 1.96. The fraction of sp³-hybridized carbons (Fsp3) is 0.0769. The Morgan fingerprint density at radius 3 is 2.69 bits per heavy atom. The smallest absolute Gasteiger partial charge is 0.434 e. The topological polar surface area (TPSA) is 38.7 Å². The molecule has 0 aliphatic carbocycles. The predicted octanol–water partition coefficient (Wildman–Crippen LogP) is 2.78. The van der Waals surface area contributed by atoms with E-state index in [2.05, 4.69) is 4.99 Å². The zero-order chi connectivity index (χ0) is 11.0. The lowest BCUT2D eigenvalue weighted by Crippen LogP contribution is -2.03. The van der Waals surface area contributed by atoms with Crippen LogP contribution in [0.5, 0.6) is 0 Å². The van der Waals surface area contributed by atoms with E-state index in [1.165, 1.54) is 0 Å². The van der Waals surface area contributed by atoms with Crippen LogP contribution < -0.4 is 0 Å². The molecule has 0 saturated carbocycles. The first-order valence-electron chi connectivity index (χ1n) is 5.07. The van der Waals surface area contributed by atoms with E-state index >= 15 is 0 Å². The minimum Gasteiger partial charge on any atom is -0.441 e. The molecule has 1 heterocycles. The zero-order valence-corrected chi connectivity index (χ0v) is 8.51. The maximum absolute atomic E-state index is 11.0. The van der Waals surface area contributed by atoms with Gasteiger partial charge in [-0.1, -0.05) is 42.5 Å². The third-order valence-corrected chi connectivity index (χ3v) is 2.66. The second-order valence-electron chi connectivity index (χ2n) is 3.64. The number of amides is 1. The van der Waals surface area contributed by atoms with Gasteiger partial charge in [-0.3, -0.25) is 0 Å². The molecule has 0 fully saturated rings. The van der Waals surface area contributed by atoms with Crippen molar-refractivity contribution in [2.75, 3.05) is 6.61 Å². The maximum Gasteiger partial charge on any atom is 0.434 e. The molecule has 1 amide bonds. The molecule has 2 aromatic carbocycles. The first kappa shape index (κ1) is 9.09. The van der Waals surface area contributed by atoms with Crippen LogP contribution in [0.2, 0.25) is 0 Å². The Labute approximate surface area is 92.4 Å². The average Bonchev–Trinajstić information content (AvgIpc) is 2.75. The van der Waals surface area contributed by atoms with Gasteiger partial charge in [0.25, 0.3) is 0 Å². The molecular weight excluding hydrogens is 202 g/mol. The van der Waals surface area contributed by atoms with Gasteiger partial charge in [0, 0.05) is 5.56 Å². The summed E-state index contributed by atoms with van der Waals surface area (Å²) in [6, 6.07) is 14.0. The third kappa shape index (κ3) is 1.37. The number of hydrogen-bond acceptors (Lipinski definition) is 2. The Balaban J connectivity index is 2.24. The van der Waals surface area contributed by atoms with E-state index < -0.39 is 6.09 Å². The number of cyclic esters (lactones) is 1. The monoisotopic (exact) mass is 211 g/mol. The van der Waals surface area contributed by atoms with E-state index in [9.17, 15) is 4.79 Å². The Morgan fingerprint density at radius 1 is 1.06 bits per heavy atom. The van der Waals surface area contributed by atoms with E-state index in [4.69, 9.17) is 4.74 Å². The van der Waals surface area contributed by atoms with Gasteiger partial charge in [0.2, 0.25) is 0 Å². The average molecular weight is 211 g/mol. The van der Waals surface area contributed by atoms with Crippen LogP contribution in [-0.4, -0.2) is 18.4 Å². The molecule has 78 valence electrons. The van der Waals surface area contributed by atoms with Gasteiger partial charge in [0.1, 0.15) is 6.61 Å². The lowest BCUT2D eigenvalue weighted by atomic mass is 10.0. The first-order chi connectivity index (χ1) is 7.84. The van der Waals surface area contributed by atoms with E-state index in [1.54, 1.807) is 0 Å². The molecule has 16 heavy (non-hydrogen) atoms. The van der Waals surface area contributed by atoms with Crippen LogP contribution in [0.3, 0.4) is 0 Å². The minimum atomic E-state index is -0.497. The van der Waals surface area contributed by atoms with Crippen LogP contribution in [0, 0.1) is 0 Å². The highest BCUT2D eigenvalue weighted by Gasteiger charge is 2.17. The Hall–Kier alpha value is -2.16. The van der Waals surface area contributed by atoms with Gasteiger partial charge in [-0.25, -0.2) is 4.79 Å². The van der Waals surface area contributed by atoms with Gasteiger partial charge in [-0.2, -0.15) is 4.99 Å². The number of hydrogen-bond donors (Lipinski definition) is 0. The predicted molar refractivity (Wildman–Crippen MR) is 61.8 cm³/mol. The lowest BCUT2D eigenvalue weighted by molar-refractivity contribution is 0.181. The van der Waals surface area contributed by atoms with Crippen molar-refractivity contribution >= 4 is 22.6 Å². The summed E-state index contributed by atoms with van der Waals surface area (Å²) in [6.07, 6.45) is -0.497. The van der Waals surface area contributed by atoms with Crippen molar-refractivity contribution in [3.63, 3.8) is 0 Å². The zero-order valence-electron chi connectivity index (χ0n) is 8.51. The van der Waals surface area contributed by atoms with Gasteiger partial charge in [-0.15, -0.1) is 0 Å². The summed E-state index contributed by atoms with van der Waals surface area (Å²) in [5.41, 5.74) is 1.69. The van der Waals surface area contributed by atoms with Gasteiger partial charge < -0.3 is 4.74 Å². The molecule has 1 aliphatic rings. The highest BCUT2D eigenvalue weighted by molar-refractivity contribution is 6.16. The number of nitrogens with zero attached hydrogens (tertiary/aromatic N) is 1. The van der Waals surface area contributed by atoms with E-state index in [1.807, 2.05) is 42.5 Å². The highest BCUT2D eigenvalue weighted by Crippen LogP contribution is 2.20. The third-order valence-electron chi connectivity index (χ3n) is 2.66. The molecule has 0 saturated heterocycles. The molecule has 3 heteroatoms. The fourth-order valence-corrected chi connectivity index (χ4v) is 1.92. The SMILES string of the molecule is O=C1N=C(c2cccc3ccccc23)CO1. The molecule has 0 atom stereocenters. The molecular formula is C13H9NO2. The number of aliphatic imine (C=N–C) groups is 1. The van der Waals surface area contributed by atoms with E-state index in [-0.39, 0.29) is 6.61 Å². The van der Waals surface area contributed by atoms with Crippen molar-refractivity contribution < 1.29 is 9.53 Å². The van der Waals surface area contributed by atoms with E-state index in [0.29, 0.717) is 5.71 Å². The van der Waals surface area contributed by atoms with Gasteiger partial charge in [0.15, 0.2) is 0 Å². The van der Waals surface area contributed by atoms with E-state index in [0.717, 1.165) is 16.3 Å². The van der Waals surface area contributed by atoms with Crippen molar-refractivity contribution in [1.82, 2.24) is 0 Å². The molecule has 0 bridgehead atoms. The minimum absolute atomic E-state index is 0.271. The van der Waals surface area contributed by atoms with Crippen LogP contribution in [0.15, 0.2) is 47.5 Å². The summed E-state index contributed by atoms with van der Waals surface area (Å²) in [4.78, 5) is 14.8. The number of benzene rings is 2. The molecule has 0 spiro atoms. The largest absolute Gasteiger partial charge is 0.441 e. The van der Waals surface area contributed by atoms with Crippen LogP contribution in [0.4, 0.5) is 4.79 Å². The van der Waals surface area contributed by atoms with Crippen LogP contribution >= 0.6 is 0 Å². The summed E-state index contributed by atoms with van der Waals surface area (Å²) in [6.45, 7) is 0.271. The van der Waals surface area contributed by atoms with Crippen LogP contribution in [0.25, 0.3) is 10.8 Å². The Bertz CT molecular complexity index is 596. The summed E-state index contributed by atoms with van der Waals surface area (Å²) in [5, 5.41) is 2.24. The highest BCUT2D eigenvalue weighted by atomic mass is 16.6. The molecule has 0 radical (unpaired) electrons. The molecule has 3 nitrogen and oxygen atoms in total. The van der Waals surface area contributed by atoms with Crippen molar-refractivity contribution in [1.29, 1.82) is 0 Å².